The Hall–Kier alpha value is -2.34. The van der Waals surface area contributed by atoms with Gasteiger partial charge < -0.3 is 10.5 Å². The van der Waals surface area contributed by atoms with Crippen molar-refractivity contribution in [1.82, 2.24) is 15.0 Å². The van der Waals surface area contributed by atoms with Crippen LogP contribution in [0.5, 0.6) is 5.75 Å². The van der Waals surface area contributed by atoms with Gasteiger partial charge in [0.2, 0.25) is 0 Å². The van der Waals surface area contributed by atoms with Crippen LogP contribution < -0.4 is 10.5 Å². The number of hydrogen-bond donors (Lipinski definition) is 1. The molecule has 0 unspecified atom stereocenters. The molecule has 2 N–H and O–H groups in total. The number of ether oxygens (including phenoxy) is 1. The largest absolute Gasteiger partial charge is 0.489 e. The summed E-state index contributed by atoms with van der Waals surface area (Å²) in [7, 11) is 1.85. The second kappa shape index (κ2) is 5.57. The topological polar surface area (TPSA) is 66.0 Å². The predicted molar refractivity (Wildman–Crippen MR) is 84.2 cm³/mol. The van der Waals surface area contributed by atoms with Crippen LogP contribution >= 0.6 is 11.3 Å². The Kier molecular flexibility index (Phi) is 3.62. The summed E-state index contributed by atoms with van der Waals surface area (Å²) in [6.45, 7) is 2.49. The van der Waals surface area contributed by atoms with E-state index in [-0.39, 0.29) is 0 Å². The smallest absolute Gasteiger partial charge is 0.123 e. The molecule has 21 heavy (non-hydrogen) atoms. The van der Waals surface area contributed by atoms with Crippen LogP contribution in [0.4, 0.5) is 5.69 Å². The van der Waals surface area contributed by atoms with E-state index in [0.717, 1.165) is 33.8 Å². The van der Waals surface area contributed by atoms with E-state index in [1.807, 2.05) is 49.1 Å². The van der Waals surface area contributed by atoms with E-state index in [2.05, 4.69) is 10.3 Å². The summed E-state index contributed by atoms with van der Waals surface area (Å²) in [5, 5.41) is 12.0. The Labute approximate surface area is 127 Å². The van der Waals surface area contributed by atoms with E-state index in [0.29, 0.717) is 6.61 Å². The highest BCUT2D eigenvalue weighted by Crippen LogP contribution is 2.27. The minimum atomic E-state index is 0.472. The number of nitrogens with two attached hydrogens (primary N) is 1. The van der Waals surface area contributed by atoms with Gasteiger partial charge in [0.25, 0.3) is 0 Å². The van der Waals surface area contributed by atoms with Gasteiger partial charge in [0, 0.05) is 29.2 Å². The van der Waals surface area contributed by atoms with Crippen LogP contribution in [-0.2, 0) is 13.7 Å². The zero-order chi connectivity index (χ0) is 14.8. The van der Waals surface area contributed by atoms with Crippen LogP contribution in [0.1, 0.15) is 11.1 Å². The summed E-state index contributed by atoms with van der Waals surface area (Å²) in [5.41, 5.74) is 10.6. The van der Waals surface area contributed by atoms with Gasteiger partial charge in [-0.2, -0.15) is 0 Å². The van der Waals surface area contributed by atoms with Gasteiger partial charge in [-0.25, -0.2) is 0 Å². The molecular weight excluding hydrogens is 284 g/mol. The molecule has 108 valence electrons. The maximum atomic E-state index is 5.90. The van der Waals surface area contributed by atoms with Crippen LogP contribution in [0.15, 0.2) is 35.2 Å². The first-order valence-electron chi connectivity index (χ1n) is 6.54. The van der Waals surface area contributed by atoms with Gasteiger partial charge in [0.15, 0.2) is 0 Å². The van der Waals surface area contributed by atoms with Crippen molar-refractivity contribution in [3.05, 3.63) is 46.3 Å². The molecule has 2 aromatic heterocycles. The lowest BCUT2D eigenvalue weighted by atomic mass is 10.1. The van der Waals surface area contributed by atoms with Crippen LogP contribution in [0.3, 0.4) is 0 Å². The standard InChI is InChI=1S/C15H16N4OS/c1-10-3-4-11(14-6-19(2)18-17-14)5-15(10)20-7-12-8-21-9-13(12)16/h3-6,8-9H,7,16H2,1-2H3. The number of nitrogen functional groups attached to an aromatic ring is 1. The van der Waals surface area contributed by atoms with Crippen molar-refractivity contribution in [2.45, 2.75) is 13.5 Å². The number of anilines is 1. The number of hydrogen-bond acceptors (Lipinski definition) is 5. The van der Waals surface area contributed by atoms with Crippen LogP contribution in [-0.4, -0.2) is 15.0 Å². The van der Waals surface area contributed by atoms with Gasteiger partial charge in [0.05, 0.1) is 6.20 Å². The molecule has 6 heteroatoms. The molecular formula is C15H16N4OS. The van der Waals surface area contributed by atoms with E-state index < -0.39 is 0 Å². The molecule has 0 radical (unpaired) electrons. The molecule has 3 aromatic rings. The van der Waals surface area contributed by atoms with Crippen molar-refractivity contribution in [2.24, 2.45) is 7.05 Å². The highest BCUT2D eigenvalue weighted by Gasteiger charge is 2.08. The molecule has 0 atom stereocenters. The van der Waals surface area contributed by atoms with E-state index in [4.69, 9.17) is 10.5 Å². The Balaban J connectivity index is 1.83. The lowest BCUT2D eigenvalue weighted by molar-refractivity contribution is 0.305. The van der Waals surface area contributed by atoms with Crippen molar-refractivity contribution in [1.29, 1.82) is 0 Å². The number of benzene rings is 1. The second-order valence-corrected chi connectivity index (χ2v) is 5.64. The van der Waals surface area contributed by atoms with Crippen molar-refractivity contribution in [3.8, 4) is 17.0 Å². The molecule has 0 bridgehead atoms. The molecule has 0 saturated carbocycles. The summed E-state index contributed by atoms with van der Waals surface area (Å²) < 4.78 is 7.58. The molecule has 0 aliphatic heterocycles. The third-order valence-electron chi connectivity index (χ3n) is 3.25. The highest BCUT2D eigenvalue weighted by molar-refractivity contribution is 7.08. The SMILES string of the molecule is Cc1ccc(-c2cn(C)nn2)cc1OCc1cscc1N. The van der Waals surface area contributed by atoms with Crippen LogP contribution in [0, 0.1) is 6.92 Å². The Bertz CT molecular complexity index is 763. The van der Waals surface area contributed by atoms with E-state index >= 15 is 0 Å². The quantitative estimate of drug-likeness (QED) is 0.804. The molecule has 0 fully saturated rings. The zero-order valence-corrected chi connectivity index (χ0v) is 12.7. The van der Waals surface area contributed by atoms with Gasteiger partial charge >= 0.3 is 0 Å². The van der Waals surface area contributed by atoms with Gasteiger partial charge in [-0.15, -0.1) is 16.4 Å². The third-order valence-corrected chi connectivity index (χ3v) is 4.06. The summed E-state index contributed by atoms with van der Waals surface area (Å²) in [4.78, 5) is 0. The van der Waals surface area contributed by atoms with Crippen molar-refractivity contribution in [3.63, 3.8) is 0 Å². The fourth-order valence-electron chi connectivity index (χ4n) is 2.00. The number of nitrogens with zero attached hydrogens (tertiary/aromatic N) is 3. The van der Waals surface area contributed by atoms with Crippen molar-refractivity contribution in [2.75, 3.05) is 5.73 Å². The normalized spacial score (nSPS) is 10.8. The van der Waals surface area contributed by atoms with Crippen molar-refractivity contribution < 1.29 is 4.74 Å². The number of thiophene rings is 1. The second-order valence-electron chi connectivity index (χ2n) is 4.90. The molecule has 0 saturated heterocycles. The first kappa shape index (κ1) is 13.6. The fourth-order valence-corrected chi connectivity index (χ4v) is 2.73. The molecule has 5 nitrogen and oxygen atoms in total. The Morgan fingerprint density at radius 3 is 2.86 bits per heavy atom. The first-order valence-corrected chi connectivity index (χ1v) is 7.48. The summed E-state index contributed by atoms with van der Waals surface area (Å²) in [5.74, 6) is 0.837. The average Bonchev–Trinajstić information content (AvgIpc) is 3.07. The van der Waals surface area contributed by atoms with E-state index in [9.17, 15) is 0 Å². The van der Waals surface area contributed by atoms with Gasteiger partial charge in [-0.3, -0.25) is 4.68 Å². The molecule has 3 rings (SSSR count). The van der Waals surface area contributed by atoms with Gasteiger partial charge in [-0.1, -0.05) is 17.3 Å². The highest BCUT2D eigenvalue weighted by atomic mass is 32.1. The van der Waals surface area contributed by atoms with Gasteiger partial charge in [-0.05, 0) is 23.9 Å². The van der Waals surface area contributed by atoms with E-state index in [1.54, 1.807) is 16.0 Å². The molecule has 2 heterocycles. The molecule has 0 aliphatic rings. The minimum Gasteiger partial charge on any atom is -0.489 e. The van der Waals surface area contributed by atoms with Gasteiger partial charge in [0.1, 0.15) is 18.1 Å². The number of rotatable bonds is 4. The molecule has 0 spiro atoms. The third kappa shape index (κ3) is 2.90. The maximum absolute atomic E-state index is 5.90. The summed E-state index contributed by atoms with van der Waals surface area (Å²) in [6, 6.07) is 6.03. The monoisotopic (exact) mass is 300 g/mol. The lowest BCUT2D eigenvalue weighted by Crippen LogP contribution is -1.99. The van der Waals surface area contributed by atoms with Crippen LogP contribution in [0.25, 0.3) is 11.3 Å². The van der Waals surface area contributed by atoms with Crippen LogP contribution in [0.2, 0.25) is 0 Å². The lowest BCUT2D eigenvalue weighted by Gasteiger charge is -2.10. The summed E-state index contributed by atoms with van der Waals surface area (Å²) >= 11 is 1.58. The minimum absolute atomic E-state index is 0.472. The predicted octanol–water partition coefficient (Wildman–Crippen LogP) is 3.01. The first-order chi connectivity index (χ1) is 10.1. The fraction of sp³-hybridized carbons (Fsp3) is 0.200. The van der Waals surface area contributed by atoms with E-state index in [1.165, 1.54) is 0 Å². The number of aryl methyl sites for hydroxylation is 2. The number of aromatic nitrogens is 3. The Morgan fingerprint density at radius 2 is 2.19 bits per heavy atom. The maximum Gasteiger partial charge on any atom is 0.123 e. The molecule has 0 amide bonds. The summed E-state index contributed by atoms with van der Waals surface area (Å²) in [6.07, 6.45) is 1.88. The zero-order valence-electron chi connectivity index (χ0n) is 11.9. The average molecular weight is 300 g/mol. The Morgan fingerprint density at radius 1 is 1.33 bits per heavy atom. The molecule has 1 aromatic carbocycles. The molecule has 0 aliphatic carbocycles. The van der Waals surface area contributed by atoms with Crippen molar-refractivity contribution >= 4 is 17.0 Å².